The molecular formula is C21H24N4OS. The molecule has 1 atom stereocenters. The highest BCUT2D eigenvalue weighted by atomic mass is 32.1. The number of pyridine rings is 1. The first kappa shape index (κ1) is 17.9. The smallest absolute Gasteiger partial charge is 0.188 e. The van der Waals surface area contributed by atoms with Crippen molar-refractivity contribution in [2.24, 2.45) is 0 Å². The summed E-state index contributed by atoms with van der Waals surface area (Å²) >= 11 is 1.58. The van der Waals surface area contributed by atoms with E-state index in [2.05, 4.69) is 52.5 Å². The summed E-state index contributed by atoms with van der Waals surface area (Å²) in [4.78, 5) is 11.6. The minimum Gasteiger partial charge on any atom is -0.496 e. The molecule has 1 fully saturated rings. The molecule has 140 valence electrons. The van der Waals surface area contributed by atoms with Crippen molar-refractivity contribution in [1.82, 2.24) is 14.9 Å². The van der Waals surface area contributed by atoms with Crippen LogP contribution in [0.25, 0.3) is 0 Å². The van der Waals surface area contributed by atoms with Crippen molar-refractivity contribution in [3.05, 3.63) is 64.8 Å². The number of ether oxygens (including phenoxy) is 1. The van der Waals surface area contributed by atoms with E-state index >= 15 is 0 Å². The van der Waals surface area contributed by atoms with E-state index in [-0.39, 0.29) is 0 Å². The van der Waals surface area contributed by atoms with Gasteiger partial charge >= 0.3 is 0 Å². The van der Waals surface area contributed by atoms with Crippen LogP contribution >= 0.6 is 11.3 Å². The lowest BCUT2D eigenvalue weighted by Gasteiger charge is -2.25. The first-order valence-corrected chi connectivity index (χ1v) is 10.1. The zero-order valence-electron chi connectivity index (χ0n) is 15.7. The second-order valence-corrected chi connectivity index (χ2v) is 7.75. The molecule has 0 bridgehead atoms. The Labute approximate surface area is 164 Å². The Morgan fingerprint density at radius 1 is 1.30 bits per heavy atom. The molecule has 5 nitrogen and oxygen atoms in total. The van der Waals surface area contributed by atoms with Crippen LogP contribution in [0.4, 0.5) is 10.9 Å². The van der Waals surface area contributed by atoms with Crippen molar-refractivity contribution in [2.75, 3.05) is 19.0 Å². The average molecular weight is 381 g/mol. The molecule has 0 aliphatic carbocycles. The molecule has 4 rings (SSSR count). The highest BCUT2D eigenvalue weighted by Crippen LogP contribution is 2.34. The third kappa shape index (κ3) is 4.12. The summed E-state index contributed by atoms with van der Waals surface area (Å²) in [7, 11) is 1.75. The maximum absolute atomic E-state index is 5.60. The minimum absolute atomic E-state index is 0.328. The molecule has 1 saturated heterocycles. The van der Waals surface area contributed by atoms with Gasteiger partial charge in [0.15, 0.2) is 5.13 Å². The Balaban J connectivity index is 1.53. The van der Waals surface area contributed by atoms with Crippen LogP contribution in [-0.2, 0) is 6.54 Å². The van der Waals surface area contributed by atoms with E-state index in [1.54, 1.807) is 24.6 Å². The van der Waals surface area contributed by atoms with Gasteiger partial charge in [-0.15, -0.1) is 11.3 Å². The molecular weight excluding hydrogens is 356 g/mol. The second kappa shape index (κ2) is 8.06. The van der Waals surface area contributed by atoms with Crippen LogP contribution in [0.3, 0.4) is 0 Å². The van der Waals surface area contributed by atoms with Gasteiger partial charge in [-0.25, -0.2) is 9.97 Å². The molecule has 0 unspecified atom stereocenters. The Morgan fingerprint density at radius 3 is 3.04 bits per heavy atom. The molecule has 1 aliphatic rings. The van der Waals surface area contributed by atoms with E-state index < -0.39 is 0 Å². The van der Waals surface area contributed by atoms with Gasteiger partial charge in [0.2, 0.25) is 0 Å². The topological polar surface area (TPSA) is 50.3 Å². The number of likely N-dealkylation sites (tertiary alicyclic amines) is 1. The quantitative estimate of drug-likeness (QED) is 0.657. The number of nitrogens with zero attached hydrogens (tertiary/aromatic N) is 3. The van der Waals surface area contributed by atoms with Crippen LogP contribution in [0.5, 0.6) is 5.75 Å². The second-order valence-electron chi connectivity index (χ2n) is 6.85. The molecule has 0 saturated carbocycles. The predicted octanol–water partition coefficient (Wildman–Crippen LogP) is 4.94. The van der Waals surface area contributed by atoms with Crippen molar-refractivity contribution >= 4 is 22.3 Å². The predicted molar refractivity (Wildman–Crippen MR) is 110 cm³/mol. The fraction of sp³-hybridized carbons (Fsp3) is 0.333. The lowest BCUT2D eigenvalue weighted by Crippen LogP contribution is -2.24. The third-order valence-electron chi connectivity index (χ3n) is 4.96. The van der Waals surface area contributed by atoms with E-state index in [0.29, 0.717) is 6.04 Å². The largest absolute Gasteiger partial charge is 0.496 e. The number of rotatable bonds is 6. The average Bonchev–Trinajstić information content (AvgIpc) is 3.35. The van der Waals surface area contributed by atoms with Crippen LogP contribution in [0.1, 0.15) is 35.7 Å². The number of hydrogen-bond donors (Lipinski definition) is 1. The number of thiazole rings is 1. The van der Waals surface area contributed by atoms with Gasteiger partial charge in [0.25, 0.3) is 0 Å². The summed E-state index contributed by atoms with van der Waals surface area (Å²) in [6.07, 6.45) is 4.11. The summed E-state index contributed by atoms with van der Waals surface area (Å²) < 4.78 is 5.60. The van der Waals surface area contributed by atoms with Crippen molar-refractivity contribution in [1.29, 1.82) is 0 Å². The van der Waals surface area contributed by atoms with E-state index in [9.17, 15) is 0 Å². The highest BCUT2D eigenvalue weighted by molar-refractivity contribution is 7.13. The van der Waals surface area contributed by atoms with Gasteiger partial charge in [-0.3, -0.25) is 4.90 Å². The molecule has 6 heteroatoms. The molecule has 3 heterocycles. The number of nitrogens with one attached hydrogen (secondary N) is 1. The fourth-order valence-corrected chi connectivity index (χ4v) is 4.19. The number of methoxy groups -OCH3 is 1. The van der Waals surface area contributed by atoms with Crippen LogP contribution < -0.4 is 10.1 Å². The lowest BCUT2D eigenvalue weighted by molar-refractivity contribution is 0.240. The van der Waals surface area contributed by atoms with E-state index in [4.69, 9.17) is 9.72 Å². The van der Waals surface area contributed by atoms with Gasteiger partial charge in [0, 0.05) is 23.7 Å². The SMILES string of the molecule is COc1cc(C)ccc1CN1CCC[C@@H]1c1cccc(Nc2nccs2)n1. The van der Waals surface area contributed by atoms with Crippen LogP contribution in [-0.4, -0.2) is 28.5 Å². The molecule has 3 aromatic rings. The van der Waals surface area contributed by atoms with E-state index in [1.807, 2.05) is 11.4 Å². The Bertz CT molecular complexity index is 897. The van der Waals surface area contributed by atoms with E-state index in [0.717, 1.165) is 41.9 Å². The fourth-order valence-electron chi connectivity index (χ4n) is 3.65. The van der Waals surface area contributed by atoms with Crippen molar-refractivity contribution in [3.63, 3.8) is 0 Å². The molecule has 0 amide bonds. The zero-order chi connectivity index (χ0) is 18.6. The Morgan fingerprint density at radius 2 is 2.22 bits per heavy atom. The molecule has 1 N–H and O–H groups in total. The summed E-state index contributed by atoms with van der Waals surface area (Å²) in [5.74, 6) is 1.81. The first-order valence-electron chi connectivity index (χ1n) is 9.24. The van der Waals surface area contributed by atoms with Gasteiger partial charge < -0.3 is 10.1 Å². The summed E-state index contributed by atoms with van der Waals surface area (Å²) in [6.45, 7) is 4.04. The number of aromatic nitrogens is 2. The lowest BCUT2D eigenvalue weighted by atomic mass is 10.1. The maximum atomic E-state index is 5.60. The zero-order valence-corrected chi connectivity index (χ0v) is 16.5. The third-order valence-corrected chi connectivity index (χ3v) is 5.65. The minimum atomic E-state index is 0.328. The number of hydrogen-bond acceptors (Lipinski definition) is 6. The van der Waals surface area contributed by atoms with Gasteiger partial charge in [-0.05, 0) is 50.1 Å². The Hall–Kier alpha value is -2.44. The first-order chi connectivity index (χ1) is 13.2. The van der Waals surface area contributed by atoms with Crippen molar-refractivity contribution in [3.8, 4) is 5.75 Å². The molecule has 1 aliphatic heterocycles. The standard InChI is InChI=1S/C21H24N4OS/c1-15-8-9-16(19(13-15)26-2)14-25-11-4-6-18(25)17-5-3-7-20(23-17)24-21-22-10-12-27-21/h3,5,7-10,12-13,18H,4,6,11,14H2,1-2H3,(H,22,23,24)/t18-/m1/s1. The highest BCUT2D eigenvalue weighted by Gasteiger charge is 2.28. The van der Waals surface area contributed by atoms with Crippen LogP contribution in [0.15, 0.2) is 48.0 Å². The van der Waals surface area contributed by atoms with Crippen LogP contribution in [0, 0.1) is 6.92 Å². The monoisotopic (exact) mass is 380 g/mol. The number of benzene rings is 1. The summed E-state index contributed by atoms with van der Waals surface area (Å²) in [6, 6.07) is 13.0. The van der Waals surface area contributed by atoms with Gasteiger partial charge in [0.05, 0.1) is 18.8 Å². The summed E-state index contributed by atoms with van der Waals surface area (Å²) in [5, 5.41) is 6.12. The molecule has 1 aromatic carbocycles. The molecule has 2 aromatic heterocycles. The molecule has 27 heavy (non-hydrogen) atoms. The van der Waals surface area contributed by atoms with Crippen LogP contribution in [0.2, 0.25) is 0 Å². The maximum Gasteiger partial charge on any atom is 0.188 e. The number of aryl methyl sites for hydroxylation is 1. The van der Waals surface area contributed by atoms with Crippen molar-refractivity contribution < 1.29 is 4.74 Å². The van der Waals surface area contributed by atoms with Gasteiger partial charge in [0.1, 0.15) is 11.6 Å². The van der Waals surface area contributed by atoms with Gasteiger partial charge in [-0.2, -0.15) is 0 Å². The molecule has 0 spiro atoms. The number of anilines is 2. The van der Waals surface area contributed by atoms with Gasteiger partial charge in [-0.1, -0.05) is 18.2 Å². The summed E-state index contributed by atoms with van der Waals surface area (Å²) in [5.41, 5.74) is 3.56. The normalized spacial score (nSPS) is 17.2. The Kier molecular flexibility index (Phi) is 5.36. The van der Waals surface area contributed by atoms with E-state index in [1.165, 1.54) is 17.5 Å². The van der Waals surface area contributed by atoms with Crippen molar-refractivity contribution in [2.45, 2.75) is 32.4 Å². The molecule has 0 radical (unpaired) electrons.